The first-order chi connectivity index (χ1) is 12.4. The lowest BCUT2D eigenvalue weighted by atomic mass is 10.1. The maximum Gasteiger partial charge on any atom is 0.0990 e. The van der Waals surface area contributed by atoms with Gasteiger partial charge in [-0.25, -0.2) is 0 Å². The monoisotopic (exact) mass is 349 g/mol. The van der Waals surface area contributed by atoms with Gasteiger partial charge in [-0.05, 0) is 32.1 Å². The highest BCUT2D eigenvalue weighted by molar-refractivity contribution is 5.83. The van der Waals surface area contributed by atoms with Crippen LogP contribution < -0.4 is 5.73 Å². The number of amidine groups is 1. The molecule has 1 rings (SSSR count). The van der Waals surface area contributed by atoms with Crippen LogP contribution in [0, 0.1) is 0 Å². The molecule has 0 radical (unpaired) electrons. The van der Waals surface area contributed by atoms with Crippen molar-refractivity contribution in [2.45, 2.75) is 96.8 Å². The van der Waals surface area contributed by atoms with Crippen LogP contribution in [-0.2, 0) is 0 Å². The zero-order valence-electron chi connectivity index (χ0n) is 16.9. The Kier molecular flexibility index (Phi) is 14.8. The molecule has 0 aromatic carbocycles. The molecule has 1 heterocycles. The molecule has 25 heavy (non-hydrogen) atoms. The van der Waals surface area contributed by atoms with E-state index in [0.29, 0.717) is 0 Å². The summed E-state index contributed by atoms with van der Waals surface area (Å²) < 4.78 is 0. The number of nitrogens with zero attached hydrogens (tertiary/aromatic N) is 2. The Morgan fingerprint density at radius 1 is 0.880 bits per heavy atom. The van der Waals surface area contributed by atoms with Crippen molar-refractivity contribution >= 4 is 5.84 Å². The van der Waals surface area contributed by atoms with Crippen LogP contribution in [0.25, 0.3) is 0 Å². The lowest BCUT2D eigenvalue weighted by molar-refractivity contribution is 0.456. The van der Waals surface area contributed by atoms with E-state index in [1.807, 2.05) is 0 Å². The van der Waals surface area contributed by atoms with Crippen LogP contribution in [0.4, 0.5) is 0 Å². The molecule has 3 nitrogen and oxygen atoms in total. The van der Waals surface area contributed by atoms with Gasteiger partial charge in [0.2, 0.25) is 0 Å². The Morgan fingerprint density at radius 2 is 1.48 bits per heavy atom. The number of nitrogens with two attached hydrogens (primary N) is 1. The third kappa shape index (κ3) is 12.2. The van der Waals surface area contributed by atoms with E-state index in [2.05, 4.69) is 29.0 Å². The Balaban J connectivity index is 1.82. The van der Waals surface area contributed by atoms with Gasteiger partial charge in [0.1, 0.15) is 0 Å². The summed E-state index contributed by atoms with van der Waals surface area (Å²) in [5.74, 6) is 1.31. The molecule has 0 amide bonds. The summed E-state index contributed by atoms with van der Waals surface area (Å²) >= 11 is 0. The van der Waals surface area contributed by atoms with Gasteiger partial charge >= 0.3 is 0 Å². The molecule has 0 aromatic heterocycles. The quantitative estimate of drug-likeness (QED) is 0.270. The Labute approximate surface area is 157 Å². The number of hydrogen-bond acceptors (Lipinski definition) is 3. The van der Waals surface area contributed by atoms with Gasteiger partial charge in [-0.15, -0.1) is 0 Å². The third-order valence-electron chi connectivity index (χ3n) is 5.09. The molecule has 1 aliphatic rings. The SMILES string of the molecule is CCCCCCCC/C=C\CCCCCCCC1=NCCN1CCN. The highest BCUT2D eigenvalue weighted by Crippen LogP contribution is 2.12. The van der Waals surface area contributed by atoms with Crippen LogP contribution >= 0.6 is 0 Å². The Morgan fingerprint density at radius 3 is 2.12 bits per heavy atom. The lowest BCUT2D eigenvalue weighted by Gasteiger charge is -2.19. The molecule has 0 atom stereocenters. The summed E-state index contributed by atoms with van der Waals surface area (Å²) in [7, 11) is 0. The number of hydrogen-bond donors (Lipinski definition) is 1. The van der Waals surface area contributed by atoms with E-state index in [4.69, 9.17) is 5.73 Å². The number of unbranched alkanes of at least 4 members (excludes halogenated alkanes) is 11. The second-order valence-electron chi connectivity index (χ2n) is 7.41. The first-order valence-electron chi connectivity index (χ1n) is 11.0. The predicted molar refractivity (Wildman–Crippen MR) is 112 cm³/mol. The molecular weight excluding hydrogens is 306 g/mol. The van der Waals surface area contributed by atoms with E-state index >= 15 is 0 Å². The third-order valence-corrected chi connectivity index (χ3v) is 5.09. The van der Waals surface area contributed by atoms with E-state index < -0.39 is 0 Å². The van der Waals surface area contributed by atoms with Gasteiger partial charge in [-0.2, -0.15) is 0 Å². The van der Waals surface area contributed by atoms with Crippen molar-refractivity contribution in [2.24, 2.45) is 10.7 Å². The fraction of sp³-hybridized carbons (Fsp3) is 0.864. The van der Waals surface area contributed by atoms with Gasteiger partial charge in [-0.1, -0.05) is 70.4 Å². The summed E-state index contributed by atoms with van der Waals surface area (Å²) in [6, 6.07) is 0. The molecule has 0 unspecified atom stereocenters. The van der Waals surface area contributed by atoms with Gasteiger partial charge in [-0.3, -0.25) is 4.99 Å². The summed E-state index contributed by atoms with van der Waals surface area (Å²) in [5, 5.41) is 0. The van der Waals surface area contributed by atoms with Gasteiger partial charge in [0.15, 0.2) is 0 Å². The van der Waals surface area contributed by atoms with Crippen molar-refractivity contribution < 1.29 is 0 Å². The van der Waals surface area contributed by atoms with E-state index in [-0.39, 0.29) is 0 Å². The van der Waals surface area contributed by atoms with E-state index in [0.717, 1.165) is 32.6 Å². The zero-order chi connectivity index (χ0) is 18.0. The minimum absolute atomic E-state index is 0.741. The van der Waals surface area contributed by atoms with Crippen LogP contribution in [0.15, 0.2) is 17.1 Å². The largest absolute Gasteiger partial charge is 0.357 e. The lowest BCUT2D eigenvalue weighted by Crippen LogP contribution is -2.32. The van der Waals surface area contributed by atoms with Crippen LogP contribution in [0.2, 0.25) is 0 Å². The zero-order valence-corrected chi connectivity index (χ0v) is 16.9. The fourth-order valence-corrected chi connectivity index (χ4v) is 3.52. The molecule has 0 spiro atoms. The van der Waals surface area contributed by atoms with Crippen molar-refractivity contribution in [2.75, 3.05) is 26.2 Å². The van der Waals surface area contributed by atoms with Crippen LogP contribution in [0.5, 0.6) is 0 Å². The van der Waals surface area contributed by atoms with Crippen molar-refractivity contribution in [3.63, 3.8) is 0 Å². The topological polar surface area (TPSA) is 41.6 Å². The average Bonchev–Trinajstić information content (AvgIpc) is 3.06. The number of aliphatic imine (C=N–C) groups is 1. The van der Waals surface area contributed by atoms with Crippen molar-refractivity contribution in [1.82, 2.24) is 4.90 Å². The van der Waals surface area contributed by atoms with Gasteiger partial charge in [0, 0.05) is 26.1 Å². The van der Waals surface area contributed by atoms with E-state index in [1.54, 1.807) is 0 Å². The van der Waals surface area contributed by atoms with Crippen LogP contribution in [0.1, 0.15) is 96.8 Å². The molecule has 2 N–H and O–H groups in total. The minimum atomic E-state index is 0.741. The second kappa shape index (κ2) is 16.6. The van der Waals surface area contributed by atoms with Crippen molar-refractivity contribution in [1.29, 1.82) is 0 Å². The Bertz CT molecular complexity index is 349. The number of rotatable bonds is 17. The second-order valence-corrected chi connectivity index (χ2v) is 7.41. The van der Waals surface area contributed by atoms with Crippen LogP contribution in [0.3, 0.4) is 0 Å². The smallest absolute Gasteiger partial charge is 0.0990 e. The number of allylic oxidation sites excluding steroid dienone is 2. The molecule has 0 fully saturated rings. The molecular formula is C22H43N3. The summed E-state index contributed by atoms with van der Waals surface area (Å²) in [6.07, 6.45) is 23.7. The van der Waals surface area contributed by atoms with Crippen molar-refractivity contribution in [3.8, 4) is 0 Å². The highest BCUT2D eigenvalue weighted by Gasteiger charge is 2.14. The maximum absolute atomic E-state index is 5.65. The summed E-state index contributed by atoms with van der Waals surface area (Å²) in [6.45, 7) is 6.05. The van der Waals surface area contributed by atoms with E-state index in [9.17, 15) is 0 Å². The van der Waals surface area contributed by atoms with Crippen molar-refractivity contribution in [3.05, 3.63) is 12.2 Å². The molecule has 0 aromatic rings. The summed E-state index contributed by atoms with van der Waals surface area (Å²) in [5.41, 5.74) is 5.65. The van der Waals surface area contributed by atoms with Gasteiger partial charge in [0.25, 0.3) is 0 Å². The molecule has 3 heteroatoms. The normalized spacial score (nSPS) is 14.6. The molecule has 0 saturated carbocycles. The molecule has 1 aliphatic heterocycles. The molecule has 0 saturated heterocycles. The maximum atomic E-state index is 5.65. The molecule has 146 valence electrons. The molecule has 0 aliphatic carbocycles. The highest BCUT2D eigenvalue weighted by atomic mass is 15.2. The van der Waals surface area contributed by atoms with Gasteiger partial charge in [0.05, 0.1) is 12.4 Å². The van der Waals surface area contributed by atoms with Gasteiger partial charge < -0.3 is 10.6 Å². The first kappa shape index (κ1) is 22.2. The summed E-state index contributed by atoms with van der Waals surface area (Å²) in [4.78, 5) is 6.99. The standard InChI is InChI=1S/C22H43N3/c1-2-3-4-5-6-7-8-9-10-11-12-13-14-15-16-17-22-24-19-21-25(22)20-18-23/h9-10H,2-8,11-21,23H2,1H3/b10-9-. The Hall–Kier alpha value is -0.830. The molecule has 0 bridgehead atoms. The fourth-order valence-electron chi connectivity index (χ4n) is 3.52. The van der Waals surface area contributed by atoms with Crippen LogP contribution in [-0.4, -0.2) is 36.9 Å². The predicted octanol–water partition coefficient (Wildman–Crippen LogP) is 5.70. The first-order valence-corrected chi connectivity index (χ1v) is 11.0. The van der Waals surface area contributed by atoms with E-state index in [1.165, 1.54) is 89.3 Å². The average molecular weight is 350 g/mol. The minimum Gasteiger partial charge on any atom is -0.357 e.